The number of nitrogen functional groups attached to an aromatic ring is 1. The first-order valence-electron chi connectivity index (χ1n) is 6.40. The number of nitrogens with zero attached hydrogens (tertiary/aromatic N) is 1. The number of halogens is 2. The summed E-state index contributed by atoms with van der Waals surface area (Å²) in [6.07, 6.45) is 0.921. The van der Waals surface area contributed by atoms with E-state index in [1.165, 1.54) is 10.9 Å². The Morgan fingerprint density at radius 3 is 2.76 bits per heavy atom. The van der Waals surface area contributed by atoms with Crippen molar-refractivity contribution < 1.29 is 8.91 Å². The van der Waals surface area contributed by atoms with Crippen molar-refractivity contribution in [2.75, 3.05) is 5.73 Å². The fraction of sp³-hybridized carbons (Fsp3) is 0.133. The minimum atomic E-state index is -0.453. The lowest BCUT2D eigenvalue weighted by molar-refractivity contribution is 0.437. The Morgan fingerprint density at radius 2 is 2.10 bits per heavy atom. The highest BCUT2D eigenvalue weighted by Crippen LogP contribution is 2.43. The lowest BCUT2D eigenvalue weighted by Gasteiger charge is -2.05. The van der Waals surface area contributed by atoms with Gasteiger partial charge < -0.3 is 10.3 Å². The summed E-state index contributed by atoms with van der Waals surface area (Å²) in [5.41, 5.74) is 6.49. The molecule has 0 amide bonds. The number of nitrogens with two attached hydrogens (primary N) is 1. The molecule has 21 heavy (non-hydrogen) atoms. The van der Waals surface area contributed by atoms with E-state index in [9.17, 15) is 4.39 Å². The van der Waals surface area contributed by atoms with Crippen molar-refractivity contribution in [3.8, 4) is 21.8 Å². The largest absolute Gasteiger partial charge is 0.380 e. The molecule has 0 radical (unpaired) electrons. The van der Waals surface area contributed by atoms with Gasteiger partial charge in [0.05, 0.1) is 15.5 Å². The number of rotatable bonds is 3. The van der Waals surface area contributed by atoms with Gasteiger partial charge in [-0.05, 0) is 30.7 Å². The van der Waals surface area contributed by atoms with E-state index in [2.05, 4.69) is 12.1 Å². The molecule has 0 fully saturated rings. The number of aromatic nitrogens is 1. The predicted octanol–water partition coefficient (Wildman–Crippen LogP) is 5.01. The van der Waals surface area contributed by atoms with Crippen LogP contribution in [0.3, 0.4) is 0 Å². The van der Waals surface area contributed by atoms with Crippen LogP contribution >= 0.6 is 22.9 Å². The molecular weight excluding hydrogens is 311 g/mol. The second kappa shape index (κ2) is 5.50. The highest BCUT2D eigenvalue weighted by Gasteiger charge is 2.23. The van der Waals surface area contributed by atoms with E-state index in [-0.39, 0.29) is 16.4 Å². The summed E-state index contributed by atoms with van der Waals surface area (Å²) in [6, 6.07) is 8.42. The fourth-order valence-electron chi connectivity index (χ4n) is 2.14. The maximum Gasteiger partial charge on any atom is 0.187 e. The van der Waals surface area contributed by atoms with Gasteiger partial charge in [-0.15, -0.1) is 11.3 Å². The molecule has 0 bridgehead atoms. The van der Waals surface area contributed by atoms with Crippen molar-refractivity contribution in [1.82, 2.24) is 5.16 Å². The molecule has 0 aliphatic heterocycles. The molecule has 0 atom stereocenters. The van der Waals surface area contributed by atoms with Crippen LogP contribution < -0.4 is 5.73 Å². The van der Waals surface area contributed by atoms with Crippen molar-refractivity contribution in [3.05, 3.63) is 46.0 Å². The first-order chi connectivity index (χ1) is 10.1. The van der Waals surface area contributed by atoms with Crippen LogP contribution in [0, 0.1) is 5.82 Å². The standard InChI is InChI=1S/C15H12ClFN2OS/c1-2-8-6-7-11(21-8)14-13(15(18)19-20-14)12-9(16)4-3-5-10(12)17/h3-7H,2H2,1H3,(H2,18,19). The second-order valence-corrected chi connectivity index (χ2v) is 6.06. The van der Waals surface area contributed by atoms with Crippen LogP contribution in [0.2, 0.25) is 5.02 Å². The van der Waals surface area contributed by atoms with Gasteiger partial charge in [0.25, 0.3) is 0 Å². The number of hydrogen-bond donors (Lipinski definition) is 1. The van der Waals surface area contributed by atoms with Gasteiger partial charge >= 0.3 is 0 Å². The number of aryl methyl sites for hydroxylation is 1. The van der Waals surface area contributed by atoms with Crippen LogP contribution in [0.1, 0.15) is 11.8 Å². The summed E-state index contributed by atoms with van der Waals surface area (Å²) in [5, 5.41) is 4.05. The molecule has 6 heteroatoms. The highest BCUT2D eigenvalue weighted by atomic mass is 35.5. The van der Waals surface area contributed by atoms with Gasteiger partial charge in [0.2, 0.25) is 0 Å². The number of anilines is 1. The van der Waals surface area contributed by atoms with Gasteiger partial charge in [-0.3, -0.25) is 0 Å². The van der Waals surface area contributed by atoms with E-state index in [1.54, 1.807) is 23.5 Å². The second-order valence-electron chi connectivity index (χ2n) is 4.49. The molecule has 0 spiro atoms. The van der Waals surface area contributed by atoms with Crippen LogP contribution in [0.5, 0.6) is 0 Å². The van der Waals surface area contributed by atoms with Crippen LogP contribution in [-0.4, -0.2) is 5.16 Å². The Labute approximate surface area is 130 Å². The van der Waals surface area contributed by atoms with Gasteiger partial charge in [-0.25, -0.2) is 4.39 Å². The Balaban J connectivity index is 2.22. The molecule has 0 unspecified atom stereocenters. The number of benzene rings is 1. The third-order valence-electron chi connectivity index (χ3n) is 3.17. The average Bonchev–Trinajstić information content (AvgIpc) is 3.06. The Hall–Kier alpha value is -1.85. The maximum atomic E-state index is 14.2. The van der Waals surface area contributed by atoms with Crippen LogP contribution in [-0.2, 0) is 6.42 Å². The number of thiophene rings is 1. The molecule has 1 aromatic carbocycles. The monoisotopic (exact) mass is 322 g/mol. The number of hydrogen-bond acceptors (Lipinski definition) is 4. The summed E-state index contributed by atoms with van der Waals surface area (Å²) in [6.45, 7) is 2.07. The van der Waals surface area contributed by atoms with Gasteiger partial charge in [0.1, 0.15) is 5.82 Å². The molecule has 3 nitrogen and oxygen atoms in total. The Bertz CT molecular complexity index is 777. The molecule has 2 aromatic heterocycles. The topological polar surface area (TPSA) is 52.0 Å². The van der Waals surface area contributed by atoms with E-state index in [0.717, 1.165) is 11.3 Å². The molecule has 0 aliphatic carbocycles. The quantitative estimate of drug-likeness (QED) is 0.737. The average molecular weight is 323 g/mol. The zero-order chi connectivity index (χ0) is 15.0. The summed E-state index contributed by atoms with van der Waals surface area (Å²) in [5.74, 6) is 0.124. The van der Waals surface area contributed by atoms with Crippen molar-refractivity contribution in [3.63, 3.8) is 0 Å². The lowest BCUT2D eigenvalue weighted by Crippen LogP contribution is -1.92. The van der Waals surface area contributed by atoms with E-state index >= 15 is 0 Å². The zero-order valence-corrected chi connectivity index (χ0v) is 12.8. The van der Waals surface area contributed by atoms with E-state index < -0.39 is 5.82 Å². The summed E-state index contributed by atoms with van der Waals surface area (Å²) >= 11 is 7.69. The molecule has 2 N–H and O–H groups in total. The molecule has 0 saturated carbocycles. The molecule has 3 aromatic rings. The van der Waals surface area contributed by atoms with E-state index in [4.69, 9.17) is 21.9 Å². The maximum absolute atomic E-state index is 14.2. The minimum absolute atomic E-state index is 0.128. The van der Waals surface area contributed by atoms with Gasteiger partial charge in [-0.1, -0.05) is 29.7 Å². The third kappa shape index (κ3) is 2.43. The van der Waals surface area contributed by atoms with Gasteiger partial charge in [-0.2, -0.15) is 0 Å². The minimum Gasteiger partial charge on any atom is -0.380 e. The smallest absolute Gasteiger partial charge is 0.187 e. The SMILES string of the molecule is CCc1ccc(-c2onc(N)c2-c2c(F)cccc2Cl)s1. The molecule has 108 valence electrons. The van der Waals surface area contributed by atoms with Crippen LogP contribution in [0.4, 0.5) is 10.2 Å². The van der Waals surface area contributed by atoms with Crippen LogP contribution in [0.25, 0.3) is 21.8 Å². The molecule has 2 heterocycles. The summed E-state index contributed by atoms with van der Waals surface area (Å²) in [4.78, 5) is 2.05. The van der Waals surface area contributed by atoms with Crippen molar-refractivity contribution >= 4 is 28.8 Å². The summed E-state index contributed by atoms with van der Waals surface area (Å²) in [7, 11) is 0. The predicted molar refractivity (Wildman–Crippen MR) is 84.0 cm³/mol. The molecule has 3 rings (SSSR count). The molecular formula is C15H12ClFN2OS. The molecule has 0 saturated heterocycles. The highest BCUT2D eigenvalue weighted by molar-refractivity contribution is 7.15. The first-order valence-corrected chi connectivity index (χ1v) is 7.60. The van der Waals surface area contributed by atoms with Crippen molar-refractivity contribution in [2.45, 2.75) is 13.3 Å². The normalized spacial score (nSPS) is 11.0. The Morgan fingerprint density at radius 1 is 1.29 bits per heavy atom. The van der Waals surface area contributed by atoms with Crippen LogP contribution in [0.15, 0.2) is 34.9 Å². The van der Waals surface area contributed by atoms with E-state index in [1.807, 2.05) is 12.1 Å². The lowest BCUT2D eigenvalue weighted by atomic mass is 10.0. The van der Waals surface area contributed by atoms with Crippen molar-refractivity contribution in [1.29, 1.82) is 0 Å². The Kier molecular flexibility index (Phi) is 3.69. The zero-order valence-electron chi connectivity index (χ0n) is 11.2. The molecule has 0 aliphatic rings. The third-order valence-corrected chi connectivity index (χ3v) is 4.71. The van der Waals surface area contributed by atoms with Gasteiger partial charge in [0.15, 0.2) is 11.6 Å². The van der Waals surface area contributed by atoms with Crippen molar-refractivity contribution in [2.24, 2.45) is 0 Å². The first kappa shape index (κ1) is 14.1. The summed E-state index contributed by atoms with van der Waals surface area (Å²) < 4.78 is 19.5. The van der Waals surface area contributed by atoms with Gasteiger partial charge in [0, 0.05) is 10.4 Å². The van der Waals surface area contributed by atoms with E-state index in [0.29, 0.717) is 11.3 Å². The fourth-order valence-corrected chi connectivity index (χ4v) is 3.33.